The Balaban J connectivity index is 2.17. The molecule has 0 bridgehead atoms. The smallest absolute Gasteiger partial charge is 0.140 e. The minimum Gasteiger partial charge on any atom is -0.486 e. The molecule has 0 amide bonds. The van der Waals surface area contributed by atoms with Crippen molar-refractivity contribution in [1.29, 1.82) is 0 Å². The lowest BCUT2D eigenvalue weighted by Gasteiger charge is -2.09. The zero-order chi connectivity index (χ0) is 15.6. The highest BCUT2D eigenvalue weighted by Crippen LogP contribution is 2.30. The van der Waals surface area contributed by atoms with E-state index in [0.29, 0.717) is 12.5 Å². The van der Waals surface area contributed by atoms with Gasteiger partial charge in [-0.25, -0.2) is 4.98 Å². The summed E-state index contributed by atoms with van der Waals surface area (Å²) in [7, 11) is 0. The Bertz CT molecular complexity index is 592. The minimum absolute atomic E-state index is 0.0226. The van der Waals surface area contributed by atoms with E-state index in [2.05, 4.69) is 33.8 Å². The van der Waals surface area contributed by atoms with Crippen LogP contribution in [0.1, 0.15) is 59.4 Å². The van der Waals surface area contributed by atoms with Gasteiger partial charge in [-0.3, -0.25) is 0 Å². The lowest BCUT2D eigenvalue weighted by Crippen LogP contribution is -2.06. The molecule has 3 nitrogen and oxygen atoms in total. The third-order valence-corrected chi connectivity index (χ3v) is 4.84. The van der Waals surface area contributed by atoms with Gasteiger partial charge in [-0.2, -0.15) is 0 Å². The summed E-state index contributed by atoms with van der Waals surface area (Å²) in [4.78, 5) is 5.88. The number of ether oxygens (including phenoxy) is 1. The zero-order valence-electron chi connectivity index (χ0n) is 13.4. The number of thiazole rings is 1. The number of aromatic nitrogens is 1. The number of benzene rings is 1. The van der Waals surface area contributed by atoms with E-state index >= 15 is 0 Å². The predicted octanol–water partition coefficient (Wildman–Crippen LogP) is 4.48. The van der Waals surface area contributed by atoms with Crippen LogP contribution in [0.3, 0.4) is 0 Å². The molecule has 0 spiro atoms. The van der Waals surface area contributed by atoms with Crippen LogP contribution in [0.15, 0.2) is 18.2 Å². The predicted molar refractivity (Wildman–Crippen MR) is 89.1 cm³/mol. The molecule has 1 unspecified atom stereocenters. The summed E-state index contributed by atoms with van der Waals surface area (Å²) in [5, 5.41) is 0.993. The number of hydrogen-bond donors (Lipinski definition) is 1. The highest BCUT2D eigenvalue weighted by molar-refractivity contribution is 7.11. The average molecular weight is 304 g/mol. The first kappa shape index (κ1) is 16.0. The quantitative estimate of drug-likeness (QED) is 0.886. The first-order valence-electron chi connectivity index (χ1n) is 7.34. The van der Waals surface area contributed by atoms with Gasteiger partial charge in [0, 0.05) is 10.9 Å². The summed E-state index contributed by atoms with van der Waals surface area (Å²) < 4.78 is 5.94. The molecule has 1 aromatic carbocycles. The van der Waals surface area contributed by atoms with Crippen molar-refractivity contribution in [3.8, 4) is 5.75 Å². The highest BCUT2D eigenvalue weighted by Gasteiger charge is 2.17. The molecule has 1 heterocycles. The maximum absolute atomic E-state index is 6.05. The van der Waals surface area contributed by atoms with Crippen LogP contribution in [0.2, 0.25) is 0 Å². The number of aryl methyl sites for hydroxylation is 1. The second-order valence-electron chi connectivity index (χ2n) is 5.79. The van der Waals surface area contributed by atoms with E-state index < -0.39 is 0 Å². The second-order valence-corrected chi connectivity index (χ2v) is 6.90. The van der Waals surface area contributed by atoms with E-state index in [9.17, 15) is 0 Å². The zero-order valence-corrected chi connectivity index (χ0v) is 14.3. The van der Waals surface area contributed by atoms with Gasteiger partial charge in [-0.05, 0) is 43.9 Å². The lowest BCUT2D eigenvalue weighted by atomic mass is 10.1. The van der Waals surface area contributed by atoms with Crippen molar-refractivity contribution >= 4 is 11.3 Å². The van der Waals surface area contributed by atoms with E-state index in [0.717, 1.165) is 16.5 Å². The Hall–Kier alpha value is -1.39. The largest absolute Gasteiger partial charge is 0.486 e. The van der Waals surface area contributed by atoms with Crippen LogP contribution in [0, 0.1) is 13.8 Å². The van der Waals surface area contributed by atoms with E-state index in [-0.39, 0.29) is 6.04 Å². The van der Waals surface area contributed by atoms with Gasteiger partial charge in [0.05, 0.1) is 5.69 Å². The van der Waals surface area contributed by atoms with Crippen LogP contribution in [0.5, 0.6) is 5.75 Å². The number of nitrogens with two attached hydrogens (primary N) is 1. The molecule has 0 saturated carbocycles. The molecule has 2 N–H and O–H groups in total. The second kappa shape index (κ2) is 6.58. The van der Waals surface area contributed by atoms with Crippen molar-refractivity contribution in [1.82, 2.24) is 4.98 Å². The Morgan fingerprint density at radius 2 is 1.95 bits per heavy atom. The molecule has 114 valence electrons. The van der Waals surface area contributed by atoms with Gasteiger partial charge in [0.25, 0.3) is 0 Å². The lowest BCUT2D eigenvalue weighted by molar-refractivity contribution is 0.303. The molecule has 1 atom stereocenters. The van der Waals surface area contributed by atoms with Crippen molar-refractivity contribution < 1.29 is 4.74 Å². The normalized spacial score (nSPS) is 12.7. The van der Waals surface area contributed by atoms with Crippen LogP contribution in [-0.4, -0.2) is 4.98 Å². The molecular weight excluding hydrogens is 280 g/mol. The molecule has 2 rings (SSSR count). The maximum atomic E-state index is 6.05. The molecule has 2 aromatic rings. The summed E-state index contributed by atoms with van der Waals surface area (Å²) in [6.45, 7) is 11.0. The van der Waals surface area contributed by atoms with Crippen LogP contribution in [-0.2, 0) is 6.61 Å². The van der Waals surface area contributed by atoms with E-state index in [1.54, 1.807) is 11.3 Å². The van der Waals surface area contributed by atoms with Crippen LogP contribution >= 0.6 is 11.3 Å². The van der Waals surface area contributed by atoms with Crippen molar-refractivity contribution in [2.24, 2.45) is 5.73 Å². The number of rotatable bonds is 5. The molecule has 0 aliphatic rings. The monoisotopic (exact) mass is 304 g/mol. The van der Waals surface area contributed by atoms with Crippen LogP contribution in [0.4, 0.5) is 0 Å². The third-order valence-electron chi connectivity index (χ3n) is 3.59. The molecular formula is C17H24N2OS. The number of hydrogen-bond acceptors (Lipinski definition) is 4. The topological polar surface area (TPSA) is 48.1 Å². The van der Waals surface area contributed by atoms with E-state index in [1.165, 1.54) is 16.0 Å². The standard InChI is InChI=1S/C17H24N2OS/c1-10(2)16-17(13(5)18)21-15(19-16)9-20-14-8-6-7-11(3)12(14)4/h6-8,10,13H,9,18H2,1-5H3. The average Bonchev–Trinajstić information content (AvgIpc) is 2.85. The molecule has 0 aliphatic heterocycles. The molecule has 0 radical (unpaired) electrons. The van der Waals surface area contributed by atoms with Gasteiger partial charge in [0.2, 0.25) is 0 Å². The SMILES string of the molecule is Cc1cccc(OCc2nc(C(C)C)c(C(C)N)s2)c1C. The summed E-state index contributed by atoms with van der Waals surface area (Å²) in [5.41, 5.74) is 9.58. The summed E-state index contributed by atoms with van der Waals surface area (Å²) in [5.74, 6) is 1.32. The van der Waals surface area contributed by atoms with Gasteiger partial charge < -0.3 is 10.5 Å². The Kier molecular flexibility index (Phi) is 5.01. The van der Waals surface area contributed by atoms with Crippen molar-refractivity contribution in [2.45, 2.75) is 53.2 Å². The number of nitrogens with zero attached hydrogens (tertiary/aromatic N) is 1. The molecule has 4 heteroatoms. The molecule has 0 fully saturated rings. The van der Waals surface area contributed by atoms with Crippen LogP contribution in [0.25, 0.3) is 0 Å². The Morgan fingerprint density at radius 3 is 2.52 bits per heavy atom. The Labute approximate surface area is 131 Å². The summed E-state index contributed by atoms with van der Waals surface area (Å²) >= 11 is 1.66. The van der Waals surface area contributed by atoms with Gasteiger partial charge in [-0.15, -0.1) is 11.3 Å². The van der Waals surface area contributed by atoms with Gasteiger partial charge >= 0.3 is 0 Å². The molecule has 0 saturated heterocycles. The minimum atomic E-state index is 0.0226. The summed E-state index contributed by atoms with van der Waals surface area (Å²) in [6.07, 6.45) is 0. The molecule has 21 heavy (non-hydrogen) atoms. The van der Waals surface area contributed by atoms with Crippen LogP contribution < -0.4 is 10.5 Å². The molecule has 1 aromatic heterocycles. The van der Waals surface area contributed by atoms with Crippen molar-refractivity contribution in [3.05, 3.63) is 44.9 Å². The van der Waals surface area contributed by atoms with Gasteiger partial charge in [0.15, 0.2) is 0 Å². The highest BCUT2D eigenvalue weighted by atomic mass is 32.1. The van der Waals surface area contributed by atoms with Gasteiger partial charge in [0.1, 0.15) is 17.4 Å². The Morgan fingerprint density at radius 1 is 1.24 bits per heavy atom. The fourth-order valence-electron chi connectivity index (χ4n) is 2.21. The first-order valence-corrected chi connectivity index (χ1v) is 8.16. The first-order chi connectivity index (χ1) is 9.90. The maximum Gasteiger partial charge on any atom is 0.140 e. The van der Waals surface area contributed by atoms with E-state index in [1.807, 2.05) is 19.1 Å². The molecule has 0 aliphatic carbocycles. The van der Waals surface area contributed by atoms with Crippen molar-refractivity contribution in [2.75, 3.05) is 0 Å². The summed E-state index contributed by atoms with van der Waals surface area (Å²) in [6, 6.07) is 6.14. The fraction of sp³-hybridized carbons (Fsp3) is 0.471. The van der Waals surface area contributed by atoms with Crippen molar-refractivity contribution in [3.63, 3.8) is 0 Å². The van der Waals surface area contributed by atoms with Gasteiger partial charge in [-0.1, -0.05) is 26.0 Å². The fourth-order valence-corrected chi connectivity index (χ4v) is 3.30. The van der Waals surface area contributed by atoms with E-state index in [4.69, 9.17) is 15.5 Å². The third kappa shape index (κ3) is 3.63.